The van der Waals surface area contributed by atoms with Crippen molar-refractivity contribution in [3.8, 4) is 16.9 Å². The molecule has 168 valence electrons. The summed E-state index contributed by atoms with van der Waals surface area (Å²) in [5.41, 5.74) is 5.06. The summed E-state index contributed by atoms with van der Waals surface area (Å²) < 4.78 is 11.7. The van der Waals surface area contributed by atoms with E-state index in [0.29, 0.717) is 38.3 Å². The first-order chi connectivity index (χ1) is 16.1. The van der Waals surface area contributed by atoms with Gasteiger partial charge in [0.25, 0.3) is 0 Å². The third kappa shape index (κ3) is 4.29. The van der Waals surface area contributed by atoms with E-state index >= 15 is 0 Å². The molecule has 0 radical (unpaired) electrons. The molecule has 1 amide bonds. The molecule has 2 aliphatic rings. The average Bonchev–Trinajstić information content (AvgIpc) is 3.17. The first-order valence-electron chi connectivity index (χ1n) is 11.2. The first kappa shape index (κ1) is 21.1. The molecule has 0 spiro atoms. The lowest BCUT2D eigenvalue weighted by Gasteiger charge is -2.31. The summed E-state index contributed by atoms with van der Waals surface area (Å²) in [6.07, 6.45) is 1.09. The molecular formula is C27H25NO5. The minimum atomic E-state index is -0.960. The molecule has 0 aromatic heterocycles. The van der Waals surface area contributed by atoms with Gasteiger partial charge in [-0.2, -0.15) is 0 Å². The topological polar surface area (TPSA) is 76.1 Å². The number of likely N-dealkylation sites (tertiary alicyclic amines) is 1. The van der Waals surface area contributed by atoms with Crippen molar-refractivity contribution in [3.05, 3.63) is 89.5 Å². The third-order valence-corrected chi connectivity index (χ3v) is 6.44. The Morgan fingerprint density at radius 3 is 2.00 bits per heavy atom. The minimum Gasteiger partial charge on any atom is -0.490 e. The zero-order chi connectivity index (χ0) is 22.8. The van der Waals surface area contributed by atoms with Gasteiger partial charge in [-0.3, -0.25) is 0 Å². The summed E-state index contributed by atoms with van der Waals surface area (Å²) in [5.74, 6) is -0.270. The highest BCUT2D eigenvalue weighted by Gasteiger charge is 2.30. The lowest BCUT2D eigenvalue weighted by atomic mass is 9.98. The molecule has 3 aromatic rings. The average molecular weight is 443 g/mol. The zero-order valence-electron chi connectivity index (χ0n) is 18.1. The highest BCUT2D eigenvalue weighted by atomic mass is 16.6. The van der Waals surface area contributed by atoms with Crippen molar-refractivity contribution >= 4 is 12.1 Å². The van der Waals surface area contributed by atoms with E-state index < -0.39 is 5.97 Å². The fourth-order valence-corrected chi connectivity index (χ4v) is 4.71. The third-order valence-electron chi connectivity index (χ3n) is 6.44. The van der Waals surface area contributed by atoms with Crippen LogP contribution in [0.25, 0.3) is 11.1 Å². The number of amides is 1. The van der Waals surface area contributed by atoms with Crippen molar-refractivity contribution in [2.45, 2.75) is 24.9 Å². The van der Waals surface area contributed by atoms with Crippen LogP contribution in [0.15, 0.2) is 72.8 Å². The van der Waals surface area contributed by atoms with Crippen LogP contribution in [0.5, 0.6) is 5.75 Å². The van der Waals surface area contributed by atoms with E-state index in [1.54, 1.807) is 17.0 Å². The van der Waals surface area contributed by atoms with Crippen molar-refractivity contribution in [2.24, 2.45) is 0 Å². The van der Waals surface area contributed by atoms with Crippen LogP contribution < -0.4 is 4.74 Å². The van der Waals surface area contributed by atoms with E-state index in [4.69, 9.17) is 14.6 Å². The van der Waals surface area contributed by atoms with Gasteiger partial charge in [0.2, 0.25) is 0 Å². The van der Waals surface area contributed by atoms with Crippen LogP contribution in [-0.4, -0.2) is 47.9 Å². The van der Waals surface area contributed by atoms with E-state index in [1.807, 2.05) is 24.3 Å². The van der Waals surface area contributed by atoms with Crippen LogP contribution >= 0.6 is 0 Å². The predicted molar refractivity (Wildman–Crippen MR) is 124 cm³/mol. The van der Waals surface area contributed by atoms with E-state index in [2.05, 4.69) is 24.3 Å². The van der Waals surface area contributed by atoms with Crippen LogP contribution in [0.2, 0.25) is 0 Å². The Bertz CT molecular complexity index is 1120. The SMILES string of the molecule is O=C(O)c1ccc(OC2CCN(C(=O)OCC3c4ccccc4-c4ccccc43)CC2)cc1. The van der Waals surface area contributed by atoms with Crippen LogP contribution in [0.1, 0.15) is 40.2 Å². The van der Waals surface area contributed by atoms with Gasteiger partial charge in [-0.05, 0) is 46.5 Å². The molecule has 1 saturated heterocycles. The molecule has 1 N–H and O–H groups in total. The summed E-state index contributed by atoms with van der Waals surface area (Å²) in [5, 5.41) is 9.00. The first-order valence-corrected chi connectivity index (χ1v) is 11.2. The van der Waals surface area contributed by atoms with E-state index in [0.717, 1.165) is 0 Å². The number of hydrogen-bond donors (Lipinski definition) is 1. The maximum atomic E-state index is 12.8. The molecule has 1 aliphatic carbocycles. The molecule has 6 heteroatoms. The number of aromatic carboxylic acids is 1. The summed E-state index contributed by atoms with van der Waals surface area (Å²) in [4.78, 5) is 25.5. The Hall–Kier alpha value is -3.80. The van der Waals surface area contributed by atoms with E-state index in [-0.39, 0.29) is 23.7 Å². The number of piperidine rings is 1. The molecule has 5 rings (SSSR count). The number of fused-ring (bicyclic) bond motifs is 3. The van der Waals surface area contributed by atoms with Crippen molar-refractivity contribution < 1.29 is 24.2 Å². The van der Waals surface area contributed by atoms with E-state index in [1.165, 1.54) is 34.4 Å². The Labute approximate surface area is 192 Å². The molecule has 0 atom stereocenters. The van der Waals surface area contributed by atoms with Crippen LogP contribution in [0, 0.1) is 0 Å². The molecule has 0 saturated carbocycles. The van der Waals surface area contributed by atoms with Crippen LogP contribution in [-0.2, 0) is 4.74 Å². The molecule has 1 fully saturated rings. The van der Waals surface area contributed by atoms with Gasteiger partial charge < -0.3 is 19.5 Å². The second kappa shape index (κ2) is 8.98. The predicted octanol–water partition coefficient (Wildman–Crippen LogP) is 5.18. The number of benzene rings is 3. The van der Waals surface area contributed by atoms with Gasteiger partial charge in [0, 0.05) is 31.8 Å². The smallest absolute Gasteiger partial charge is 0.409 e. The van der Waals surface area contributed by atoms with Crippen LogP contribution in [0.3, 0.4) is 0 Å². The number of carboxylic acid groups (broad SMARTS) is 1. The monoisotopic (exact) mass is 443 g/mol. The minimum absolute atomic E-state index is 0.0154. The number of hydrogen-bond acceptors (Lipinski definition) is 4. The second-order valence-corrected chi connectivity index (χ2v) is 8.44. The van der Waals surface area contributed by atoms with Crippen LogP contribution in [0.4, 0.5) is 4.79 Å². The maximum Gasteiger partial charge on any atom is 0.409 e. The van der Waals surface area contributed by atoms with Crippen molar-refractivity contribution in [1.82, 2.24) is 4.90 Å². The number of carboxylic acids is 1. The van der Waals surface area contributed by atoms with E-state index in [9.17, 15) is 9.59 Å². The van der Waals surface area contributed by atoms with Gasteiger partial charge >= 0.3 is 12.1 Å². The van der Waals surface area contributed by atoms with Gasteiger partial charge in [0.1, 0.15) is 18.5 Å². The largest absolute Gasteiger partial charge is 0.490 e. The number of carbonyl (C=O) groups is 2. The van der Waals surface area contributed by atoms with Crippen molar-refractivity contribution in [3.63, 3.8) is 0 Å². The molecule has 6 nitrogen and oxygen atoms in total. The molecule has 33 heavy (non-hydrogen) atoms. The Morgan fingerprint density at radius 2 is 1.42 bits per heavy atom. The molecule has 1 aliphatic heterocycles. The maximum absolute atomic E-state index is 12.8. The number of ether oxygens (including phenoxy) is 2. The van der Waals surface area contributed by atoms with Gasteiger partial charge in [-0.15, -0.1) is 0 Å². The van der Waals surface area contributed by atoms with Gasteiger partial charge in [-0.1, -0.05) is 48.5 Å². The highest BCUT2D eigenvalue weighted by molar-refractivity contribution is 5.87. The number of rotatable bonds is 5. The standard InChI is InChI=1S/C27H25NO5/c29-26(30)18-9-11-19(12-10-18)33-20-13-15-28(16-14-20)27(31)32-17-25-23-7-3-1-5-21(23)22-6-2-4-8-24(22)25/h1-12,20,25H,13-17H2,(H,29,30). The number of carbonyl (C=O) groups excluding carboxylic acids is 1. The summed E-state index contributed by atoms with van der Waals surface area (Å²) in [7, 11) is 0. The van der Waals surface area contributed by atoms with Gasteiger partial charge in [-0.25, -0.2) is 9.59 Å². The van der Waals surface area contributed by atoms with Crippen molar-refractivity contribution in [1.29, 1.82) is 0 Å². The second-order valence-electron chi connectivity index (χ2n) is 8.44. The molecule has 1 heterocycles. The number of nitrogens with zero attached hydrogens (tertiary/aromatic N) is 1. The Kier molecular flexibility index (Phi) is 5.73. The lowest BCUT2D eigenvalue weighted by molar-refractivity contribution is 0.0662. The fourth-order valence-electron chi connectivity index (χ4n) is 4.71. The van der Waals surface area contributed by atoms with Gasteiger partial charge in [0.15, 0.2) is 0 Å². The summed E-state index contributed by atoms with van der Waals surface area (Å²) >= 11 is 0. The lowest BCUT2D eigenvalue weighted by Crippen LogP contribution is -2.42. The Morgan fingerprint density at radius 1 is 0.848 bits per heavy atom. The molecule has 0 unspecified atom stereocenters. The fraction of sp³-hybridized carbons (Fsp3) is 0.259. The highest BCUT2D eigenvalue weighted by Crippen LogP contribution is 2.44. The molecule has 0 bridgehead atoms. The Balaban J connectivity index is 1.15. The summed E-state index contributed by atoms with van der Waals surface area (Å²) in [6, 6.07) is 23.0. The quantitative estimate of drug-likeness (QED) is 0.588. The van der Waals surface area contributed by atoms with Crippen molar-refractivity contribution in [2.75, 3.05) is 19.7 Å². The normalized spacial score (nSPS) is 15.6. The molecule has 3 aromatic carbocycles. The van der Waals surface area contributed by atoms with Gasteiger partial charge in [0.05, 0.1) is 5.56 Å². The zero-order valence-corrected chi connectivity index (χ0v) is 18.1. The summed E-state index contributed by atoms with van der Waals surface area (Å²) in [6.45, 7) is 1.45. The molecular weight excluding hydrogens is 418 g/mol.